The van der Waals surface area contributed by atoms with E-state index in [-0.39, 0.29) is 0 Å². The summed E-state index contributed by atoms with van der Waals surface area (Å²) in [6.07, 6.45) is 0. The van der Waals surface area contributed by atoms with Crippen LogP contribution in [0.15, 0.2) is 0 Å². The minimum atomic E-state index is 0.500. The van der Waals surface area contributed by atoms with Gasteiger partial charge in [0.1, 0.15) is 0 Å². The Morgan fingerprint density at radius 1 is 1.67 bits per heavy atom. The molecule has 0 radical (unpaired) electrons. The fraction of sp³-hybridized carbons (Fsp3) is 1.00. The first-order chi connectivity index (χ1) is 2.91. The molecule has 0 aromatic carbocycles. The normalized spacial score (nSPS) is 6.17. The Kier molecular flexibility index (Phi) is 27.9. The van der Waals surface area contributed by atoms with Crippen molar-refractivity contribution < 1.29 is 29.6 Å². The molecule has 0 aromatic heterocycles. The van der Waals surface area contributed by atoms with Crippen LogP contribution in [-0.4, -0.2) is 13.7 Å². The summed E-state index contributed by atoms with van der Waals surface area (Å²) in [6, 6.07) is 0. The van der Waals surface area contributed by atoms with E-state index in [0.29, 0.717) is 24.9 Å². The fourth-order valence-electron chi connectivity index (χ4n) is 0. The van der Waals surface area contributed by atoms with Crippen LogP contribution in [0.2, 0.25) is 0 Å². The molecule has 3 heteroatoms. The summed E-state index contributed by atoms with van der Waals surface area (Å²) in [7, 11) is 6.51. The van der Waals surface area contributed by atoms with Crippen LogP contribution in [0.3, 0.4) is 0 Å². The van der Waals surface area contributed by atoms with Crippen LogP contribution in [0.1, 0.15) is 6.92 Å². The molecule has 0 N–H and O–H groups in total. The van der Waals surface area contributed by atoms with Gasteiger partial charge in [0, 0.05) is 13.7 Å². The zero-order valence-electron chi connectivity index (χ0n) is 4.20. The maximum absolute atomic E-state index is 4.83. The molecule has 0 saturated heterocycles. The molecule has 0 aliphatic rings. The fourth-order valence-corrected chi connectivity index (χ4v) is 0. The standard InChI is InChI=1S/C3H8O.ClH.Hg/c1-3-4-2;;/h3H2,1-2H3;1H;/q;;+1/p-1. The van der Waals surface area contributed by atoms with Gasteiger partial charge < -0.3 is 4.74 Å². The third kappa shape index (κ3) is 19.0. The van der Waals surface area contributed by atoms with E-state index in [9.17, 15) is 0 Å². The second kappa shape index (κ2) is 16.4. The topological polar surface area (TPSA) is 9.23 Å². The van der Waals surface area contributed by atoms with Crippen LogP contribution in [0.4, 0.5) is 0 Å². The number of rotatable bonds is 1. The van der Waals surface area contributed by atoms with E-state index >= 15 is 0 Å². The predicted octanol–water partition coefficient (Wildman–Crippen LogP) is 1.34. The summed E-state index contributed by atoms with van der Waals surface area (Å²) >= 11 is 0.500. The number of halogens is 1. The summed E-state index contributed by atoms with van der Waals surface area (Å²) in [6.45, 7) is 2.78. The van der Waals surface area contributed by atoms with Crippen LogP contribution in [-0.2, 0) is 29.6 Å². The molecule has 0 unspecified atom stereocenters. The van der Waals surface area contributed by atoms with Crippen molar-refractivity contribution in [2.45, 2.75) is 6.92 Å². The van der Waals surface area contributed by atoms with E-state index in [1.165, 1.54) is 0 Å². The van der Waals surface area contributed by atoms with Gasteiger partial charge in [-0.3, -0.25) is 0 Å². The van der Waals surface area contributed by atoms with E-state index in [1.807, 2.05) is 6.92 Å². The van der Waals surface area contributed by atoms with E-state index in [1.54, 1.807) is 7.11 Å². The van der Waals surface area contributed by atoms with Gasteiger partial charge in [-0.05, 0) is 6.92 Å². The molecule has 1 nitrogen and oxygen atoms in total. The average molecular weight is 296 g/mol. The number of hydrogen-bond acceptors (Lipinski definition) is 1. The van der Waals surface area contributed by atoms with Crippen LogP contribution in [0, 0.1) is 0 Å². The summed E-state index contributed by atoms with van der Waals surface area (Å²) in [4.78, 5) is 0. The Morgan fingerprint density at radius 3 is 1.83 bits per heavy atom. The molecule has 6 heavy (non-hydrogen) atoms. The molecular weight excluding hydrogens is 288 g/mol. The first kappa shape index (κ1) is 10.2. The molecule has 0 aliphatic heterocycles. The van der Waals surface area contributed by atoms with Gasteiger partial charge >= 0.3 is 33.1 Å². The Labute approximate surface area is 58.4 Å². The summed E-state index contributed by atoms with van der Waals surface area (Å²) in [5, 5.41) is 0. The minimum absolute atomic E-state index is 0.500. The van der Waals surface area contributed by atoms with Crippen LogP contribution in [0.25, 0.3) is 0 Å². The van der Waals surface area contributed by atoms with Gasteiger partial charge in [-0.2, -0.15) is 0 Å². The van der Waals surface area contributed by atoms with Crippen molar-refractivity contribution in [3.05, 3.63) is 0 Å². The van der Waals surface area contributed by atoms with Crippen molar-refractivity contribution >= 4 is 8.25 Å². The van der Waals surface area contributed by atoms with E-state index in [0.717, 1.165) is 6.61 Å². The molecular formula is C3H8ClHgO. The molecule has 0 rings (SSSR count). The van der Waals surface area contributed by atoms with Crippen molar-refractivity contribution in [2.75, 3.05) is 13.7 Å². The zero-order chi connectivity index (χ0) is 5.41. The third-order valence-electron chi connectivity index (χ3n) is 0.289. The van der Waals surface area contributed by atoms with Gasteiger partial charge in [0.25, 0.3) is 0 Å². The Bertz CT molecular complexity index is 12.8. The van der Waals surface area contributed by atoms with Gasteiger partial charge in [0.2, 0.25) is 0 Å². The SMILES string of the molecule is CCOC.[Cl][Hg]. The molecule has 0 spiro atoms. The van der Waals surface area contributed by atoms with Crippen molar-refractivity contribution in [1.82, 2.24) is 0 Å². The number of methoxy groups -OCH3 is 1. The van der Waals surface area contributed by atoms with E-state index in [2.05, 4.69) is 4.74 Å². The summed E-state index contributed by atoms with van der Waals surface area (Å²) in [5.41, 5.74) is 0. The molecule has 0 saturated carbocycles. The second-order valence-corrected chi connectivity index (χ2v) is 0.577. The molecule has 0 bridgehead atoms. The first-order valence-corrected chi connectivity index (χ1v) is 8.44. The molecule has 35 valence electrons. The van der Waals surface area contributed by atoms with Crippen LogP contribution >= 0.6 is 8.25 Å². The number of ether oxygens (including phenoxy) is 1. The quantitative estimate of drug-likeness (QED) is 0.664. The van der Waals surface area contributed by atoms with Crippen molar-refractivity contribution in [1.29, 1.82) is 0 Å². The van der Waals surface area contributed by atoms with E-state index < -0.39 is 0 Å². The zero-order valence-corrected chi connectivity index (χ0v) is 10.5. The van der Waals surface area contributed by atoms with Crippen LogP contribution < -0.4 is 0 Å². The van der Waals surface area contributed by atoms with Gasteiger partial charge in [0.15, 0.2) is 0 Å². The summed E-state index contributed by atoms with van der Waals surface area (Å²) in [5.74, 6) is 0. The average Bonchev–Trinajstić information content (AvgIpc) is 1.72. The first-order valence-electron chi connectivity index (χ1n) is 1.67. The van der Waals surface area contributed by atoms with E-state index in [4.69, 9.17) is 8.25 Å². The monoisotopic (exact) mass is 297 g/mol. The van der Waals surface area contributed by atoms with Gasteiger partial charge in [-0.1, -0.05) is 0 Å². The van der Waals surface area contributed by atoms with Crippen molar-refractivity contribution in [2.24, 2.45) is 0 Å². The van der Waals surface area contributed by atoms with Gasteiger partial charge in [-0.25, -0.2) is 0 Å². The van der Waals surface area contributed by atoms with Gasteiger partial charge in [-0.15, -0.1) is 0 Å². The number of hydrogen-bond donors (Lipinski definition) is 0. The Morgan fingerprint density at radius 2 is 1.83 bits per heavy atom. The summed E-state index contributed by atoms with van der Waals surface area (Å²) < 4.78 is 4.54. The molecule has 0 aromatic rings. The Balaban J connectivity index is 0. The third-order valence-corrected chi connectivity index (χ3v) is 0.289. The molecule has 0 heterocycles. The Hall–Kier alpha value is 1.19. The molecule has 0 aliphatic carbocycles. The van der Waals surface area contributed by atoms with Crippen molar-refractivity contribution in [3.63, 3.8) is 0 Å². The van der Waals surface area contributed by atoms with Crippen LogP contribution in [0.5, 0.6) is 0 Å². The second-order valence-electron chi connectivity index (χ2n) is 0.577. The van der Waals surface area contributed by atoms with Gasteiger partial charge in [0.05, 0.1) is 0 Å². The molecule has 0 fully saturated rings. The predicted molar refractivity (Wildman–Crippen MR) is 23.4 cm³/mol. The molecule has 0 amide bonds. The maximum atomic E-state index is 4.83. The van der Waals surface area contributed by atoms with Crippen molar-refractivity contribution in [3.8, 4) is 0 Å². The molecule has 0 atom stereocenters.